The van der Waals surface area contributed by atoms with Crippen molar-refractivity contribution >= 4 is 11.8 Å². The summed E-state index contributed by atoms with van der Waals surface area (Å²) in [6.07, 6.45) is 0.765. The molecule has 1 heterocycles. The summed E-state index contributed by atoms with van der Waals surface area (Å²) in [7, 11) is 3.24. The number of thioether (sulfide) groups is 1. The smallest absolute Gasteiger partial charge is 0.128 e. The molecule has 2 rings (SSSR count). The number of aliphatic hydroxyl groups is 1. The third-order valence-electron chi connectivity index (χ3n) is 3.40. The molecule has 0 aliphatic carbocycles. The minimum Gasteiger partial charge on any atom is -0.497 e. The minimum absolute atomic E-state index is 0.185. The summed E-state index contributed by atoms with van der Waals surface area (Å²) in [4.78, 5) is 0. The van der Waals surface area contributed by atoms with Crippen molar-refractivity contribution in [2.45, 2.75) is 24.2 Å². The third-order valence-corrected chi connectivity index (χ3v) is 4.73. The fourth-order valence-corrected chi connectivity index (χ4v) is 3.55. The topological polar surface area (TPSA) is 38.7 Å². The number of methoxy groups -OCH3 is 2. The highest BCUT2D eigenvalue weighted by Gasteiger charge is 2.42. The van der Waals surface area contributed by atoms with Crippen molar-refractivity contribution < 1.29 is 14.6 Å². The first-order valence-corrected chi connectivity index (χ1v) is 6.73. The molecule has 0 aromatic heterocycles. The summed E-state index contributed by atoms with van der Waals surface area (Å²) in [6, 6.07) is 5.59. The Morgan fingerprint density at radius 3 is 2.65 bits per heavy atom. The van der Waals surface area contributed by atoms with Crippen molar-refractivity contribution in [2.24, 2.45) is 0 Å². The van der Waals surface area contributed by atoms with Gasteiger partial charge in [0.05, 0.1) is 14.2 Å². The van der Waals surface area contributed by atoms with E-state index in [9.17, 15) is 5.11 Å². The summed E-state index contributed by atoms with van der Waals surface area (Å²) < 4.78 is 10.5. The lowest BCUT2D eigenvalue weighted by molar-refractivity contribution is 0.0402. The summed E-state index contributed by atoms with van der Waals surface area (Å²) in [5, 5.41) is 10.9. The second kappa shape index (κ2) is 4.78. The second-order valence-corrected chi connectivity index (χ2v) is 5.70. The van der Waals surface area contributed by atoms with E-state index >= 15 is 0 Å². The molecule has 0 amide bonds. The highest BCUT2D eigenvalue weighted by molar-refractivity contribution is 8.00. The molecule has 3 nitrogen and oxygen atoms in total. The van der Waals surface area contributed by atoms with Gasteiger partial charge in [0.25, 0.3) is 0 Å². The monoisotopic (exact) mass is 254 g/mol. The van der Waals surface area contributed by atoms with Gasteiger partial charge in [0.15, 0.2) is 0 Å². The molecule has 2 atom stereocenters. The number of ether oxygens (including phenoxy) is 2. The van der Waals surface area contributed by atoms with Crippen molar-refractivity contribution in [3.05, 3.63) is 23.8 Å². The molecule has 4 heteroatoms. The van der Waals surface area contributed by atoms with Gasteiger partial charge in [-0.1, -0.05) is 6.92 Å². The van der Waals surface area contributed by atoms with Gasteiger partial charge in [-0.05, 0) is 24.3 Å². The van der Waals surface area contributed by atoms with Crippen LogP contribution in [0.25, 0.3) is 0 Å². The zero-order chi connectivity index (χ0) is 12.5. The van der Waals surface area contributed by atoms with Crippen LogP contribution in [0.5, 0.6) is 11.5 Å². The maximum Gasteiger partial charge on any atom is 0.128 e. The molecule has 0 radical (unpaired) electrons. The molecule has 1 aliphatic heterocycles. The van der Waals surface area contributed by atoms with Crippen molar-refractivity contribution in [2.75, 3.05) is 20.0 Å². The molecule has 1 aromatic carbocycles. The summed E-state index contributed by atoms with van der Waals surface area (Å²) >= 11 is 1.79. The predicted molar refractivity (Wildman–Crippen MR) is 70.0 cm³/mol. The van der Waals surface area contributed by atoms with Crippen molar-refractivity contribution in [1.82, 2.24) is 0 Å². The zero-order valence-electron chi connectivity index (χ0n) is 10.4. The van der Waals surface area contributed by atoms with Crippen LogP contribution in [0.15, 0.2) is 18.2 Å². The third kappa shape index (κ3) is 2.11. The standard InChI is InChI=1S/C13H18O3S/c1-9-13(14,6-7-17-9)11-5-4-10(15-2)8-12(11)16-3/h4-5,8-9,14H,6-7H2,1-3H3. The van der Waals surface area contributed by atoms with Gasteiger partial charge in [0.1, 0.15) is 17.1 Å². The van der Waals surface area contributed by atoms with Crippen LogP contribution >= 0.6 is 11.8 Å². The van der Waals surface area contributed by atoms with Crippen LogP contribution in [0.2, 0.25) is 0 Å². The van der Waals surface area contributed by atoms with E-state index in [1.807, 2.05) is 18.2 Å². The largest absolute Gasteiger partial charge is 0.497 e. The van der Waals surface area contributed by atoms with E-state index in [0.717, 1.165) is 23.5 Å². The normalized spacial score (nSPS) is 28.1. The van der Waals surface area contributed by atoms with Gasteiger partial charge in [0.2, 0.25) is 0 Å². The highest BCUT2D eigenvalue weighted by Crippen LogP contribution is 2.46. The molecule has 1 aromatic rings. The first-order valence-electron chi connectivity index (χ1n) is 5.68. The van der Waals surface area contributed by atoms with Crippen LogP contribution < -0.4 is 9.47 Å². The maximum absolute atomic E-state index is 10.8. The Labute approximate surface area is 106 Å². The fourth-order valence-electron chi connectivity index (χ4n) is 2.24. The number of benzene rings is 1. The fraction of sp³-hybridized carbons (Fsp3) is 0.538. The average Bonchev–Trinajstić information content (AvgIpc) is 2.69. The molecular weight excluding hydrogens is 236 g/mol. The van der Waals surface area contributed by atoms with E-state index in [0.29, 0.717) is 5.75 Å². The Kier molecular flexibility index (Phi) is 3.54. The molecule has 0 saturated carbocycles. The molecular formula is C13H18O3S. The van der Waals surface area contributed by atoms with E-state index in [1.54, 1.807) is 26.0 Å². The molecule has 1 aliphatic rings. The van der Waals surface area contributed by atoms with Gasteiger partial charge < -0.3 is 14.6 Å². The van der Waals surface area contributed by atoms with Gasteiger partial charge in [-0.3, -0.25) is 0 Å². The Hall–Kier alpha value is -0.870. The van der Waals surface area contributed by atoms with E-state index < -0.39 is 5.60 Å². The lowest BCUT2D eigenvalue weighted by Gasteiger charge is -2.29. The van der Waals surface area contributed by atoms with E-state index in [4.69, 9.17) is 9.47 Å². The van der Waals surface area contributed by atoms with Crippen LogP contribution in [0, 0.1) is 0 Å². The Bertz CT molecular complexity index is 408. The van der Waals surface area contributed by atoms with E-state index in [1.165, 1.54) is 0 Å². The first-order chi connectivity index (χ1) is 8.11. The minimum atomic E-state index is -0.789. The van der Waals surface area contributed by atoms with Gasteiger partial charge >= 0.3 is 0 Å². The zero-order valence-corrected chi connectivity index (χ0v) is 11.2. The average molecular weight is 254 g/mol. The molecule has 0 spiro atoms. The summed E-state index contributed by atoms with van der Waals surface area (Å²) in [5.41, 5.74) is 0.0701. The summed E-state index contributed by atoms with van der Waals surface area (Å²) in [6.45, 7) is 2.06. The molecule has 2 unspecified atom stereocenters. The van der Waals surface area contributed by atoms with Gasteiger partial charge in [-0.2, -0.15) is 11.8 Å². The SMILES string of the molecule is COc1ccc(C2(O)CCSC2C)c(OC)c1. The molecule has 1 N–H and O–H groups in total. The van der Waals surface area contributed by atoms with Crippen molar-refractivity contribution in [3.63, 3.8) is 0 Å². The maximum atomic E-state index is 10.8. The number of hydrogen-bond donors (Lipinski definition) is 1. The van der Waals surface area contributed by atoms with Crippen LogP contribution in [0.1, 0.15) is 18.9 Å². The molecule has 94 valence electrons. The van der Waals surface area contributed by atoms with Crippen LogP contribution in [0.4, 0.5) is 0 Å². The number of hydrogen-bond acceptors (Lipinski definition) is 4. The van der Waals surface area contributed by atoms with Crippen LogP contribution in [-0.4, -0.2) is 30.3 Å². The van der Waals surface area contributed by atoms with Gasteiger partial charge in [-0.25, -0.2) is 0 Å². The Morgan fingerprint density at radius 2 is 2.12 bits per heavy atom. The lowest BCUT2D eigenvalue weighted by Crippen LogP contribution is -2.31. The number of rotatable bonds is 3. The molecule has 1 saturated heterocycles. The first kappa shape index (κ1) is 12.6. The van der Waals surface area contributed by atoms with Crippen molar-refractivity contribution in [1.29, 1.82) is 0 Å². The van der Waals surface area contributed by atoms with Gasteiger partial charge in [0, 0.05) is 16.9 Å². The Morgan fingerprint density at radius 1 is 1.35 bits per heavy atom. The Balaban J connectivity index is 2.44. The predicted octanol–water partition coefficient (Wildman–Crippen LogP) is 2.42. The molecule has 17 heavy (non-hydrogen) atoms. The van der Waals surface area contributed by atoms with Crippen LogP contribution in [-0.2, 0) is 5.60 Å². The van der Waals surface area contributed by atoms with E-state index in [-0.39, 0.29) is 5.25 Å². The lowest BCUT2D eigenvalue weighted by atomic mass is 9.88. The quantitative estimate of drug-likeness (QED) is 0.899. The molecule has 1 fully saturated rings. The summed E-state index contributed by atoms with van der Waals surface area (Å²) in [5.74, 6) is 2.42. The molecule has 0 bridgehead atoms. The van der Waals surface area contributed by atoms with Gasteiger partial charge in [-0.15, -0.1) is 0 Å². The highest BCUT2D eigenvalue weighted by atomic mass is 32.2. The van der Waals surface area contributed by atoms with Crippen molar-refractivity contribution in [3.8, 4) is 11.5 Å². The second-order valence-electron chi connectivity index (χ2n) is 4.25. The van der Waals surface area contributed by atoms with Crippen LogP contribution in [0.3, 0.4) is 0 Å². The van der Waals surface area contributed by atoms with E-state index in [2.05, 4.69) is 6.92 Å².